The molecule has 2 aromatic carbocycles. The maximum absolute atomic E-state index is 10.4. The maximum atomic E-state index is 10.4. The maximum Gasteiger partial charge on any atom is 0.205 e. The van der Waals surface area contributed by atoms with E-state index in [1.807, 2.05) is 18.2 Å². The first-order chi connectivity index (χ1) is 15.3. The zero-order valence-corrected chi connectivity index (χ0v) is 17.4. The molecule has 0 fully saturated rings. The minimum atomic E-state index is -0.541. The zero-order valence-electron chi connectivity index (χ0n) is 17.4. The van der Waals surface area contributed by atoms with Gasteiger partial charge in [0.25, 0.3) is 0 Å². The van der Waals surface area contributed by atoms with E-state index in [-0.39, 0.29) is 6.04 Å². The summed E-state index contributed by atoms with van der Waals surface area (Å²) < 4.78 is 2.16. The van der Waals surface area contributed by atoms with Gasteiger partial charge in [0.05, 0.1) is 6.04 Å². The number of rotatable bonds is 6. The number of H-pyrrole nitrogens is 1. The molecule has 1 aliphatic heterocycles. The molecule has 8 heteroatoms. The highest BCUT2D eigenvalue weighted by molar-refractivity contribution is 5.80. The summed E-state index contributed by atoms with van der Waals surface area (Å²) in [6.45, 7) is 2.17. The fraction of sp³-hybridized carbons (Fsp3) is 0.348. The third-order valence-electron chi connectivity index (χ3n) is 5.99. The van der Waals surface area contributed by atoms with Crippen LogP contribution in [0.4, 0.5) is 0 Å². The molecule has 0 spiro atoms. The van der Waals surface area contributed by atoms with Crippen LogP contribution in [0.5, 0.6) is 0 Å². The molecule has 0 bridgehead atoms. The van der Waals surface area contributed by atoms with E-state index in [1.165, 1.54) is 5.56 Å². The molecule has 3 heterocycles. The van der Waals surface area contributed by atoms with Crippen LogP contribution in [0.1, 0.15) is 62.0 Å². The Bertz CT molecular complexity index is 1150. The van der Waals surface area contributed by atoms with Crippen LogP contribution in [-0.2, 0) is 6.42 Å². The molecule has 0 radical (unpaired) electrons. The monoisotopic (exact) mass is 415 g/mol. The number of nitrogens with zero attached hydrogens (tertiary/aromatic N) is 6. The first-order valence-electron chi connectivity index (χ1n) is 10.8. The predicted molar refractivity (Wildman–Crippen MR) is 116 cm³/mol. The second-order valence-electron chi connectivity index (χ2n) is 7.96. The van der Waals surface area contributed by atoms with Crippen molar-refractivity contribution in [3.63, 3.8) is 0 Å². The Balaban J connectivity index is 1.49. The number of aromatic amines is 1. The van der Waals surface area contributed by atoms with Crippen molar-refractivity contribution in [1.82, 2.24) is 35.4 Å². The van der Waals surface area contributed by atoms with Gasteiger partial charge < -0.3 is 9.67 Å². The number of nitrogens with one attached hydrogen (secondary N) is 1. The molecule has 1 aliphatic rings. The van der Waals surface area contributed by atoms with Crippen LogP contribution >= 0.6 is 0 Å². The summed E-state index contributed by atoms with van der Waals surface area (Å²) >= 11 is 0. The molecule has 0 unspecified atom stereocenters. The van der Waals surface area contributed by atoms with Gasteiger partial charge >= 0.3 is 0 Å². The number of aromatic nitrogens is 7. The highest BCUT2D eigenvalue weighted by Gasteiger charge is 2.31. The standard InChI is InChI=1S/C23H25N7O/c1-2-3-8-21-24-27-23-20(31)14-13-19(30(21)23)16-11-9-15(10-12-16)17-6-4-5-7-18(17)22-25-28-29-26-22/h4-7,9-12,19-20,31H,2-3,8,13-14H2,1H3,(H,25,26,28,29)/t19-,20-/m1/s1. The van der Waals surface area contributed by atoms with E-state index in [0.29, 0.717) is 18.1 Å². The van der Waals surface area contributed by atoms with E-state index < -0.39 is 6.10 Å². The molecule has 0 aliphatic carbocycles. The molecule has 2 aromatic heterocycles. The lowest BCUT2D eigenvalue weighted by atomic mass is 9.92. The van der Waals surface area contributed by atoms with Crippen LogP contribution < -0.4 is 0 Å². The summed E-state index contributed by atoms with van der Waals surface area (Å²) in [7, 11) is 0. The fourth-order valence-electron chi connectivity index (χ4n) is 4.39. The Kier molecular flexibility index (Phi) is 5.30. The number of fused-ring (bicyclic) bond motifs is 1. The second-order valence-corrected chi connectivity index (χ2v) is 7.96. The quantitative estimate of drug-likeness (QED) is 0.495. The lowest BCUT2D eigenvalue weighted by Gasteiger charge is -2.29. The van der Waals surface area contributed by atoms with E-state index in [9.17, 15) is 5.11 Å². The molecule has 4 aromatic rings. The first kappa shape index (κ1) is 19.6. The summed E-state index contributed by atoms with van der Waals surface area (Å²) in [6, 6.07) is 16.8. The third-order valence-corrected chi connectivity index (χ3v) is 5.99. The van der Waals surface area contributed by atoms with Crippen molar-refractivity contribution in [1.29, 1.82) is 0 Å². The Morgan fingerprint density at radius 2 is 1.81 bits per heavy atom. The number of aliphatic hydroxyl groups excluding tert-OH is 1. The smallest absolute Gasteiger partial charge is 0.205 e. The molecule has 31 heavy (non-hydrogen) atoms. The number of hydrogen-bond donors (Lipinski definition) is 2. The summed E-state index contributed by atoms with van der Waals surface area (Å²) in [5, 5.41) is 33.6. The Hall–Kier alpha value is -3.39. The van der Waals surface area contributed by atoms with Crippen molar-refractivity contribution in [3.8, 4) is 22.5 Å². The van der Waals surface area contributed by atoms with Gasteiger partial charge in [0, 0.05) is 12.0 Å². The topological polar surface area (TPSA) is 105 Å². The SMILES string of the molecule is CCCCc1nnc2n1[C@@H](c1ccc(-c3ccccc3-c3nn[nH]n3)cc1)CC[C@H]2O. The van der Waals surface area contributed by atoms with Gasteiger partial charge in [0.15, 0.2) is 5.82 Å². The van der Waals surface area contributed by atoms with Crippen molar-refractivity contribution < 1.29 is 5.11 Å². The van der Waals surface area contributed by atoms with E-state index in [2.05, 4.69) is 72.6 Å². The second kappa shape index (κ2) is 8.39. The number of benzene rings is 2. The van der Waals surface area contributed by atoms with E-state index >= 15 is 0 Å². The summed E-state index contributed by atoms with van der Waals surface area (Å²) in [5.41, 5.74) is 4.29. The van der Waals surface area contributed by atoms with Gasteiger partial charge in [-0.25, -0.2) is 0 Å². The van der Waals surface area contributed by atoms with Crippen LogP contribution in [0.25, 0.3) is 22.5 Å². The molecule has 2 atom stereocenters. The van der Waals surface area contributed by atoms with Gasteiger partial charge in [0.1, 0.15) is 11.9 Å². The van der Waals surface area contributed by atoms with Gasteiger partial charge in [0.2, 0.25) is 5.82 Å². The van der Waals surface area contributed by atoms with Gasteiger partial charge in [-0.3, -0.25) is 0 Å². The molecule has 0 saturated carbocycles. The molecule has 2 N–H and O–H groups in total. The van der Waals surface area contributed by atoms with Gasteiger partial charge in [-0.05, 0) is 41.2 Å². The van der Waals surface area contributed by atoms with Crippen LogP contribution in [-0.4, -0.2) is 40.5 Å². The molecular formula is C23H25N7O. The van der Waals surface area contributed by atoms with E-state index in [0.717, 1.165) is 48.2 Å². The number of aliphatic hydroxyl groups is 1. The molecular weight excluding hydrogens is 390 g/mol. The lowest BCUT2D eigenvalue weighted by Crippen LogP contribution is -2.24. The summed E-state index contributed by atoms with van der Waals surface area (Å²) in [5.74, 6) is 2.23. The van der Waals surface area contributed by atoms with Crippen LogP contribution in [0.3, 0.4) is 0 Å². The van der Waals surface area contributed by atoms with E-state index in [1.54, 1.807) is 0 Å². The number of unbranched alkanes of at least 4 members (excludes halogenated alkanes) is 1. The fourth-order valence-corrected chi connectivity index (χ4v) is 4.39. The van der Waals surface area contributed by atoms with Gasteiger partial charge in [-0.1, -0.05) is 61.9 Å². The Morgan fingerprint density at radius 1 is 1.00 bits per heavy atom. The van der Waals surface area contributed by atoms with Gasteiger partial charge in [-0.15, -0.1) is 20.4 Å². The predicted octanol–water partition coefficient (Wildman–Crippen LogP) is 3.88. The molecule has 8 nitrogen and oxygen atoms in total. The van der Waals surface area contributed by atoms with Gasteiger partial charge in [-0.2, -0.15) is 5.21 Å². The Labute approximate surface area is 180 Å². The van der Waals surface area contributed by atoms with Crippen LogP contribution in [0.2, 0.25) is 0 Å². The average molecular weight is 416 g/mol. The molecule has 158 valence electrons. The van der Waals surface area contributed by atoms with Crippen molar-refractivity contribution >= 4 is 0 Å². The molecule has 0 amide bonds. The molecule has 0 saturated heterocycles. The average Bonchev–Trinajstić information content (AvgIpc) is 3.49. The number of aryl methyl sites for hydroxylation is 1. The molecule has 5 rings (SSSR count). The van der Waals surface area contributed by atoms with Crippen LogP contribution in [0.15, 0.2) is 48.5 Å². The van der Waals surface area contributed by atoms with Crippen LogP contribution in [0, 0.1) is 0 Å². The summed E-state index contributed by atoms with van der Waals surface area (Å²) in [6.07, 6.45) is 4.06. The minimum Gasteiger partial charge on any atom is -0.385 e. The zero-order chi connectivity index (χ0) is 21.2. The largest absolute Gasteiger partial charge is 0.385 e. The Morgan fingerprint density at radius 3 is 2.55 bits per heavy atom. The van der Waals surface area contributed by atoms with E-state index in [4.69, 9.17) is 0 Å². The minimum absolute atomic E-state index is 0.141. The normalized spacial score (nSPS) is 18.1. The highest BCUT2D eigenvalue weighted by atomic mass is 16.3. The number of tetrazole rings is 1. The van der Waals surface area contributed by atoms with Crippen molar-refractivity contribution in [3.05, 3.63) is 65.7 Å². The highest BCUT2D eigenvalue weighted by Crippen LogP contribution is 2.37. The summed E-state index contributed by atoms with van der Waals surface area (Å²) in [4.78, 5) is 0. The van der Waals surface area contributed by atoms with Crippen molar-refractivity contribution in [2.24, 2.45) is 0 Å². The van der Waals surface area contributed by atoms with Crippen molar-refractivity contribution in [2.45, 2.75) is 51.2 Å². The first-order valence-corrected chi connectivity index (χ1v) is 10.8. The number of hydrogen-bond acceptors (Lipinski definition) is 6. The third kappa shape index (κ3) is 3.63. The lowest BCUT2D eigenvalue weighted by molar-refractivity contribution is 0.125. The van der Waals surface area contributed by atoms with Crippen molar-refractivity contribution in [2.75, 3.05) is 0 Å².